The summed E-state index contributed by atoms with van der Waals surface area (Å²) >= 11 is 0. The minimum atomic E-state index is -1.34. The van der Waals surface area contributed by atoms with Crippen LogP contribution in [0.1, 0.15) is 38.5 Å². The number of carbonyl (C=O) groups excluding carboxylic acids is 3. The Balaban J connectivity index is 2.75. The van der Waals surface area contributed by atoms with Gasteiger partial charge >= 0.3 is 5.97 Å². The Labute approximate surface area is 111 Å². The monoisotopic (exact) mass is 272 g/mol. The first-order chi connectivity index (χ1) is 8.91. The number of quaternary nitrogens is 1. The number of rotatable bonds is 5. The summed E-state index contributed by atoms with van der Waals surface area (Å²) in [6.45, 7) is 0. The molecule has 1 fully saturated rings. The largest absolute Gasteiger partial charge is 0.550 e. The zero-order valence-corrected chi connectivity index (χ0v) is 11.1. The van der Waals surface area contributed by atoms with Crippen molar-refractivity contribution in [1.29, 1.82) is 0 Å². The quantitative estimate of drug-likeness (QED) is 0.546. The average molecular weight is 272 g/mol. The van der Waals surface area contributed by atoms with Gasteiger partial charge < -0.3 is 25.7 Å². The summed E-state index contributed by atoms with van der Waals surface area (Å²) in [5.41, 5.74) is 2.44. The van der Waals surface area contributed by atoms with Crippen molar-refractivity contribution in [3.63, 3.8) is 0 Å². The number of carboxylic acid groups (broad SMARTS) is 1. The van der Waals surface area contributed by atoms with Gasteiger partial charge in [0.1, 0.15) is 5.54 Å². The fourth-order valence-electron chi connectivity index (χ4n) is 2.36. The highest BCUT2D eigenvalue weighted by Gasteiger charge is 2.43. The van der Waals surface area contributed by atoms with Gasteiger partial charge in [-0.05, 0) is 12.8 Å². The van der Waals surface area contributed by atoms with Crippen molar-refractivity contribution < 1.29 is 30.0 Å². The molecule has 0 saturated heterocycles. The maximum Gasteiger partial charge on any atom is 0.331 e. The summed E-state index contributed by atoms with van der Waals surface area (Å²) in [6, 6.07) is -0.978. The van der Waals surface area contributed by atoms with Crippen molar-refractivity contribution in [3.8, 4) is 0 Å². The Kier molecular flexibility index (Phi) is 5.29. The second-order valence-electron chi connectivity index (χ2n) is 4.90. The van der Waals surface area contributed by atoms with Gasteiger partial charge in [-0.15, -0.1) is 0 Å². The van der Waals surface area contributed by atoms with E-state index >= 15 is 0 Å². The number of nitrogens with one attached hydrogen (secondary N) is 1. The molecule has 1 saturated carbocycles. The molecule has 0 aromatic heterocycles. The molecule has 0 radical (unpaired) electrons. The highest BCUT2D eigenvalue weighted by Crippen LogP contribution is 2.29. The molecule has 108 valence electrons. The fourth-order valence-corrected chi connectivity index (χ4v) is 2.36. The molecule has 19 heavy (non-hydrogen) atoms. The molecule has 4 N–H and O–H groups in total. The van der Waals surface area contributed by atoms with Crippen molar-refractivity contribution in [2.45, 2.75) is 50.1 Å². The van der Waals surface area contributed by atoms with Crippen LogP contribution in [0.4, 0.5) is 0 Å². The molecule has 0 aromatic carbocycles. The van der Waals surface area contributed by atoms with Crippen LogP contribution in [0, 0.1) is 0 Å². The lowest BCUT2D eigenvalue weighted by Crippen LogP contribution is -2.71. The van der Waals surface area contributed by atoms with E-state index in [2.05, 4.69) is 11.1 Å². The van der Waals surface area contributed by atoms with Crippen LogP contribution in [0.2, 0.25) is 0 Å². The van der Waals surface area contributed by atoms with Crippen molar-refractivity contribution in [2.24, 2.45) is 0 Å². The number of ether oxygens (including phenoxy) is 1. The van der Waals surface area contributed by atoms with Crippen LogP contribution in [-0.4, -0.2) is 36.5 Å². The molecular formula is C12H20N2O5. The number of carbonyl (C=O) groups is 3. The first-order valence-corrected chi connectivity index (χ1v) is 6.34. The summed E-state index contributed by atoms with van der Waals surface area (Å²) in [5, 5.41) is 13.1. The van der Waals surface area contributed by atoms with Crippen LogP contribution in [-0.2, 0) is 19.1 Å². The van der Waals surface area contributed by atoms with Crippen LogP contribution < -0.4 is 16.2 Å². The van der Waals surface area contributed by atoms with Gasteiger partial charge in [-0.3, -0.25) is 4.79 Å². The lowest BCUT2D eigenvalue weighted by Gasteiger charge is -2.35. The van der Waals surface area contributed by atoms with Crippen LogP contribution >= 0.6 is 0 Å². The molecule has 1 aliphatic rings. The Morgan fingerprint density at radius 2 is 1.89 bits per heavy atom. The van der Waals surface area contributed by atoms with Crippen LogP contribution in [0.5, 0.6) is 0 Å². The molecular weight excluding hydrogens is 252 g/mol. The van der Waals surface area contributed by atoms with E-state index in [0.29, 0.717) is 12.8 Å². The van der Waals surface area contributed by atoms with Gasteiger partial charge in [0.15, 0.2) is 6.04 Å². The second kappa shape index (κ2) is 6.51. The lowest BCUT2D eigenvalue weighted by molar-refractivity contribution is -0.409. The zero-order valence-electron chi connectivity index (χ0n) is 11.1. The predicted molar refractivity (Wildman–Crippen MR) is 62.3 cm³/mol. The highest BCUT2D eigenvalue weighted by molar-refractivity contribution is 5.91. The SMILES string of the molecule is COC(=O)C1(NC(=O)C([NH3+])CC(=O)[O-])CCCCC1. The van der Waals surface area contributed by atoms with E-state index in [0.717, 1.165) is 19.3 Å². The van der Waals surface area contributed by atoms with Gasteiger partial charge in [-0.25, -0.2) is 4.79 Å². The third-order valence-electron chi connectivity index (χ3n) is 3.43. The Hall–Kier alpha value is -1.63. The maximum atomic E-state index is 11.9. The number of esters is 1. The van der Waals surface area contributed by atoms with E-state index < -0.39 is 35.8 Å². The number of amides is 1. The molecule has 0 aliphatic heterocycles. The lowest BCUT2D eigenvalue weighted by atomic mass is 9.81. The second-order valence-corrected chi connectivity index (χ2v) is 4.90. The summed E-state index contributed by atoms with van der Waals surface area (Å²) < 4.78 is 4.75. The maximum absolute atomic E-state index is 11.9. The standard InChI is InChI=1S/C12H20N2O5/c1-19-11(18)12(5-3-2-4-6-12)14-10(17)8(13)7-9(15)16/h8H,2-7,13H2,1H3,(H,14,17)(H,15,16). The molecule has 0 aromatic rings. The van der Waals surface area contributed by atoms with Crippen LogP contribution in [0.25, 0.3) is 0 Å². The first-order valence-electron chi connectivity index (χ1n) is 6.34. The van der Waals surface area contributed by atoms with Gasteiger partial charge in [0.2, 0.25) is 0 Å². The summed E-state index contributed by atoms with van der Waals surface area (Å²) in [6.07, 6.45) is 3.17. The Bertz CT molecular complexity index is 363. The van der Waals surface area contributed by atoms with Crippen LogP contribution in [0.3, 0.4) is 0 Å². The van der Waals surface area contributed by atoms with E-state index in [-0.39, 0.29) is 0 Å². The van der Waals surface area contributed by atoms with E-state index in [1.165, 1.54) is 7.11 Å². The van der Waals surface area contributed by atoms with E-state index in [9.17, 15) is 19.5 Å². The topological polar surface area (TPSA) is 123 Å². The molecule has 1 amide bonds. The number of carboxylic acids is 1. The minimum Gasteiger partial charge on any atom is -0.550 e. The molecule has 0 heterocycles. The van der Waals surface area contributed by atoms with E-state index in [1.807, 2.05) is 0 Å². The summed E-state index contributed by atoms with van der Waals surface area (Å²) in [7, 11) is 1.27. The number of hydrogen-bond acceptors (Lipinski definition) is 5. The minimum absolute atomic E-state index is 0.469. The molecule has 7 nitrogen and oxygen atoms in total. The summed E-state index contributed by atoms with van der Waals surface area (Å²) in [5.74, 6) is -2.39. The highest BCUT2D eigenvalue weighted by atomic mass is 16.5. The number of hydrogen-bond donors (Lipinski definition) is 2. The van der Waals surface area contributed by atoms with Crippen molar-refractivity contribution in [1.82, 2.24) is 5.32 Å². The Morgan fingerprint density at radius 3 is 2.37 bits per heavy atom. The molecule has 1 aliphatic carbocycles. The van der Waals surface area contributed by atoms with Gasteiger partial charge in [0, 0.05) is 12.4 Å². The number of methoxy groups -OCH3 is 1. The Morgan fingerprint density at radius 1 is 1.32 bits per heavy atom. The predicted octanol–water partition coefficient (Wildman–Crippen LogP) is -2.27. The molecule has 7 heteroatoms. The van der Waals surface area contributed by atoms with E-state index in [1.54, 1.807) is 0 Å². The van der Waals surface area contributed by atoms with E-state index in [4.69, 9.17) is 4.74 Å². The molecule has 1 unspecified atom stereocenters. The number of aliphatic carboxylic acids is 1. The molecule has 1 atom stereocenters. The van der Waals surface area contributed by atoms with Crippen molar-refractivity contribution >= 4 is 17.8 Å². The molecule has 0 bridgehead atoms. The van der Waals surface area contributed by atoms with Gasteiger partial charge in [0.25, 0.3) is 5.91 Å². The molecule has 1 rings (SSSR count). The van der Waals surface area contributed by atoms with Crippen LogP contribution in [0.15, 0.2) is 0 Å². The smallest absolute Gasteiger partial charge is 0.331 e. The van der Waals surface area contributed by atoms with Gasteiger partial charge in [0.05, 0.1) is 7.11 Å². The fraction of sp³-hybridized carbons (Fsp3) is 0.750. The average Bonchev–Trinajstić information content (AvgIpc) is 2.37. The zero-order chi connectivity index (χ0) is 14.5. The van der Waals surface area contributed by atoms with Crippen molar-refractivity contribution in [2.75, 3.05) is 7.11 Å². The third kappa shape index (κ3) is 3.92. The third-order valence-corrected chi connectivity index (χ3v) is 3.43. The van der Waals surface area contributed by atoms with Gasteiger partial charge in [-0.2, -0.15) is 0 Å². The van der Waals surface area contributed by atoms with Crippen molar-refractivity contribution in [3.05, 3.63) is 0 Å². The summed E-state index contributed by atoms with van der Waals surface area (Å²) in [4.78, 5) is 34.2. The normalized spacial score (nSPS) is 19.3. The first kappa shape index (κ1) is 15.4. The van der Waals surface area contributed by atoms with Gasteiger partial charge in [-0.1, -0.05) is 19.3 Å². The molecule has 0 spiro atoms.